The third-order valence-corrected chi connectivity index (χ3v) is 4.58. The quantitative estimate of drug-likeness (QED) is 0.566. The van der Waals surface area contributed by atoms with Crippen molar-refractivity contribution in [3.63, 3.8) is 0 Å². The Hall–Kier alpha value is -3.51. The van der Waals surface area contributed by atoms with E-state index in [2.05, 4.69) is 16.4 Å². The number of ether oxygens (including phenoxy) is 1. The van der Waals surface area contributed by atoms with E-state index in [9.17, 15) is 18.0 Å². The number of nitrogens with zero attached hydrogens (tertiary/aromatic N) is 3. The molecule has 31 heavy (non-hydrogen) atoms. The second-order valence-corrected chi connectivity index (χ2v) is 6.84. The van der Waals surface area contributed by atoms with Gasteiger partial charge in [0.05, 0.1) is 30.6 Å². The molecule has 0 saturated heterocycles. The SMILES string of the molecule is COc1cc(C(F)(F)F)ccc1Nc1nc(Cl)cn(-c2ccc(CCC#N)cc2)c1=O. The van der Waals surface area contributed by atoms with Crippen molar-refractivity contribution in [3.8, 4) is 17.5 Å². The van der Waals surface area contributed by atoms with Crippen molar-refractivity contribution in [1.29, 1.82) is 5.26 Å². The summed E-state index contributed by atoms with van der Waals surface area (Å²) in [5.41, 5.74) is 0.128. The van der Waals surface area contributed by atoms with Crippen molar-refractivity contribution in [2.45, 2.75) is 19.0 Å². The van der Waals surface area contributed by atoms with E-state index in [-0.39, 0.29) is 22.4 Å². The minimum atomic E-state index is -4.54. The van der Waals surface area contributed by atoms with Gasteiger partial charge in [0.2, 0.25) is 0 Å². The summed E-state index contributed by atoms with van der Waals surface area (Å²) in [6, 6.07) is 11.9. The van der Waals surface area contributed by atoms with Crippen molar-refractivity contribution in [2.75, 3.05) is 12.4 Å². The van der Waals surface area contributed by atoms with Crippen LogP contribution in [0.15, 0.2) is 53.5 Å². The Bertz CT molecular complexity index is 1190. The number of aryl methyl sites for hydroxylation is 1. The fourth-order valence-corrected chi connectivity index (χ4v) is 3.04. The topological polar surface area (TPSA) is 79.9 Å². The summed E-state index contributed by atoms with van der Waals surface area (Å²) < 4.78 is 45.1. The molecule has 0 amide bonds. The molecule has 1 N–H and O–H groups in total. The van der Waals surface area contributed by atoms with Crippen LogP contribution in [0.3, 0.4) is 0 Å². The first-order valence-corrected chi connectivity index (χ1v) is 9.38. The Kier molecular flexibility index (Phi) is 6.51. The highest BCUT2D eigenvalue weighted by Gasteiger charge is 2.31. The molecule has 3 aromatic rings. The van der Waals surface area contributed by atoms with Crippen LogP contribution in [0, 0.1) is 11.3 Å². The first-order chi connectivity index (χ1) is 14.7. The molecule has 6 nitrogen and oxygen atoms in total. The van der Waals surface area contributed by atoms with Crippen molar-refractivity contribution >= 4 is 23.1 Å². The highest BCUT2D eigenvalue weighted by atomic mass is 35.5. The molecule has 0 aliphatic rings. The maximum absolute atomic E-state index is 12.9. The number of anilines is 2. The van der Waals surface area contributed by atoms with Crippen LogP contribution < -0.4 is 15.6 Å². The molecule has 0 aliphatic heterocycles. The number of aromatic nitrogens is 2. The smallest absolute Gasteiger partial charge is 0.416 e. The lowest BCUT2D eigenvalue weighted by atomic mass is 10.1. The van der Waals surface area contributed by atoms with Gasteiger partial charge < -0.3 is 10.1 Å². The molecule has 0 unspecified atom stereocenters. The largest absolute Gasteiger partial charge is 0.495 e. The summed E-state index contributed by atoms with van der Waals surface area (Å²) in [6.07, 6.45) is -2.23. The van der Waals surface area contributed by atoms with Gasteiger partial charge in [0.25, 0.3) is 5.56 Å². The maximum Gasteiger partial charge on any atom is 0.416 e. The molecule has 2 aromatic carbocycles. The van der Waals surface area contributed by atoms with Crippen LogP contribution in [0.25, 0.3) is 5.69 Å². The molecule has 0 spiro atoms. The van der Waals surface area contributed by atoms with Crippen LogP contribution in [0.2, 0.25) is 5.15 Å². The predicted octanol–water partition coefficient (Wildman–Crippen LogP) is 5.11. The Balaban J connectivity index is 1.97. The fraction of sp³-hybridized carbons (Fsp3) is 0.190. The number of benzene rings is 2. The normalized spacial score (nSPS) is 11.1. The zero-order valence-corrected chi connectivity index (χ0v) is 17.0. The number of nitriles is 1. The Morgan fingerprint density at radius 3 is 2.55 bits per heavy atom. The summed E-state index contributed by atoms with van der Waals surface area (Å²) in [5.74, 6) is -0.288. The monoisotopic (exact) mass is 448 g/mol. The van der Waals surface area contributed by atoms with Crippen molar-refractivity contribution in [2.24, 2.45) is 0 Å². The molecule has 0 fully saturated rings. The second kappa shape index (κ2) is 9.10. The van der Waals surface area contributed by atoms with E-state index in [4.69, 9.17) is 21.6 Å². The Morgan fingerprint density at radius 1 is 1.23 bits per heavy atom. The number of alkyl halides is 3. The Labute approximate surface area is 180 Å². The molecule has 0 radical (unpaired) electrons. The minimum Gasteiger partial charge on any atom is -0.495 e. The van der Waals surface area contributed by atoms with Crippen molar-refractivity contribution < 1.29 is 17.9 Å². The van der Waals surface area contributed by atoms with E-state index >= 15 is 0 Å². The number of hydrogen-bond donors (Lipinski definition) is 1. The molecule has 1 aromatic heterocycles. The highest BCUT2D eigenvalue weighted by molar-refractivity contribution is 6.29. The average molecular weight is 449 g/mol. The fourth-order valence-electron chi connectivity index (χ4n) is 2.86. The lowest BCUT2D eigenvalue weighted by Gasteiger charge is -2.15. The number of methoxy groups -OCH3 is 1. The zero-order chi connectivity index (χ0) is 22.6. The lowest BCUT2D eigenvalue weighted by molar-refractivity contribution is -0.137. The average Bonchev–Trinajstić information content (AvgIpc) is 2.74. The van der Waals surface area contributed by atoms with E-state index in [1.54, 1.807) is 24.3 Å². The maximum atomic E-state index is 12.9. The third kappa shape index (κ3) is 5.16. The van der Waals surface area contributed by atoms with Gasteiger partial charge in [-0.25, -0.2) is 4.98 Å². The first-order valence-electron chi connectivity index (χ1n) is 9.00. The standard InChI is InChI=1S/C21H16ClF3N4O2/c1-31-17-11-14(21(23,24)25)6-9-16(17)27-19-20(30)29(12-18(22)28-19)15-7-4-13(5-8-15)3-2-10-26/h4-9,11-12H,2-3H2,1H3,(H,27,28). The summed E-state index contributed by atoms with van der Waals surface area (Å²) in [5, 5.41) is 11.4. The van der Waals surface area contributed by atoms with Crippen LogP contribution >= 0.6 is 11.6 Å². The minimum absolute atomic E-state index is 0.00142. The predicted molar refractivity (Wildman–Crippen MR) is 110 cm³/mol. The van der Waals surface area contributed by atoms with Gasteiger partial charge in [-0.1, -0.05) is 23.7 Å². The summed E-state index contributed by atoms with van der Waals surface area (Å²) >= 11 is 6.07. The van der Waals surface area contributed by atoms with Crippen LogP contribution in [0.4, 0.5) is 24.7 Å². The summed E-state index contributed by atoms with van der Waals surface area (Å²) in [6.45, 7) is 0. The van der Waals surface area contributed by atoms with E-state index in [0.717, 1.165) is 23.8 Å². The second-order valence-electron chi connectivity index (χ2n) is 6.45. The molecule has 0 saturated carbocycles. The van der Waals surface area contributed by atoms with E-state index in [1.807, 2.05) is 0 Å². The molecule has 0 atom stereocenters. The van der Waals surface area contributed by atoms with E-state index < -0.39 is 17.3 Å². The molecule has 0 aliphatic carbocycles. The lowest BCUT2D eigenvalue weighted by Crippen LogP contribution is -2.22. The van der Waals surface area contributed by atoms with Gasteiger partial charge in [-0.2, -0.15) is 18.4 Å². The van der Waals surface area contributed by atoms with Crippen LogP contribution in [0.5, 0.6) is 5.75 Å². The number of rotatable bonds is 6. The van der Waals surface area contributed by atoms with Crippen molar-refractivity contribution in [1.82, 2.24) is 9.55 Å². The number of halogens is 4. The van der Waals surface area contributed by atoms with Gasteiger partial charge in [0, 0.05) is 12.1 Å². The van der Waals surface area contributed by atoms with E-state index in [1.165, 1.54) is 17.9 Å². The highest BCUT2D eigenvalue weighted by Crippen LogP contribution is 2.35. The zero-order valence-electron chi connectivity index (χ0n) is 16.2. The third-order valence-electron chi connectivity index (χ3n) is 4.40. The molecular weight excluding hydrogens is 433 g/mol. The molecule has 3 rings (SSSR count). The number of hydrogen-bond acceptors (Lipinski definition) is 5. The van der Waals surface area contributed by atoms with Crippen LogP contribution in [-0.4, -0.2) is 16.7 Å². The van der Waals surface area contributed by atoms with Gasteiger partial charge in [-0.05, 0) is 42.3 Å². The van der Waals surface area contributed by atoms with Gasteiger partial charge in [-0.15, -0.1) is 0 Å². The molecule has 160 valence electrons. The summed E-state index contributed by atoms with van der Waals surface area (Å²) in [7, 11) is 1.22. The Morgan fingerprint density at radius 2 is 1.94 bits per heavy atom. The van der Waals surface area contributed by atoms with Gasteiger partial charge in [0.1, 0.15) is 10.9 Å². The van der Waals surface area contributed by atoms with Gasteiger partial charge in [-0.3, -0.25) is 9.36 Å². The summed E-state index contributed by atoms with van der Waals surface area (Å²) in [4.78, 5) is 16.9. The first kappa shape index (κ1) is 22.2. The molecular formula is C21H16ClF3N4O2. The molecule has 10 heteroatoms. The van der Waals surface area contributed by atoms with Gasteiger partial charge >= 0.3 is 6.18 Å². The van der Waals surface area contributed by atoms with Crippen LogP contribution in [-0.2, 0) is 12.6 Å². The van der Waals surface area contributed by atoms with E-state index in [0.29, 0.717) is 18.5 Å². The van der Waals surface area contributed by atoms with Crippen molar-refractivity contribution in [3.05, 3.63) is 75.3 Å². The van der Waals surface area contributed by atoms with Gasteiger partial charge in [0.15, 0.2) is 5.82 Å². The molecule has 0 bridgehead atoms. The molecule has 1 heterocycles. The number of nitrogens with one attached hydrogen (secondary N) is 1. The van der Waals surface area contributed by atoms with Crippen LogP contribution in [0.1, 0.15) is 17.5 Å².